The number of fused-ring (bicyclic) bond motifs is 1. The summed E-state index contributed by atoms with van der Waals surface area (Å²) in [6.07, 6.45) is 1.76. The number of carbonyl (C=O) groups is 2. The number of hydrazone groups is 1. The second-order valence-electron chi connectivity index (χ2n) is 8.28. The molecule has 1 aromatic heterocycles. The van der Waals surface area contributed by atoms with Crippen molar-refractivity contribution in [2.45, 2.75) is 38.0 Å². The summed E-state index contributed by atoms with van der Waals surface area (Å²) in [7, 11) is -2.41. The summed E-state index contributed by atoms with van der Waals surface area (Å²) in [4.78, 5) is 27.7. The predicted octanol–water partition coefficient (Wildman–Crippen LogP) is 3.00. The number of nitrogens with zero attached hydrogens (tertiary/aromatic N) is 1. The molecule has 10 nitrogen and oxygen atoms in total. The molecular formula is C25H26N4O6S. The summed E-state index contributed by atoms with van der Waals surface area (Å²) in [5.74, 6) is -0.292. The Bertz CT molecular complexity index is 1440. The van der Waals surface area contributed by atoms with Crippen LogP contribution < -0.4 is 20.4 Å². The highest BCUT2D eigenvalue weighted by Gasteiger charge is 2.29. The fourth-order valence-electron chi connectivity index (χ4n) is 3.95. The molecule has 3 aromatic rings. The van der Waals surface area contributed by atoms with Gasteiger partial charge in [-0.25, -0.2) is 0 Å². The molecule has 2 amide bonds. The Morgan fingerprint density at radius 2 is 1.67 bits per heavy atom. The lowest BCUT2D eigenvalue weighted by molar-refractivity contribution is 0.0827. The number of hydrazine groups is 1. The smallest absolute Gasteiger partial charge is 0.305 e. The lowest BCUT2D eigenvalue weighted by Crippen LogP contribution is -2.41. The van der Waals surface area contributed by atoms with Crippen LogP contribution in [0.5, 0.6) is 5.75 Å². The highest BCUT2D eigenvalue weighted by atomic mass is 32.2. The predicted molar refractivity (Wildman–Crippen MR) is 132 cm³/mol. The number of ether oxygens (including phenoxy) is 1. The molecule has 1 aliphatic carbocycles. The summed E-state index contributed by atoms with van der Waals surface area (Å²) in [5, 5.41) is 4.16. The van der Waals surface area contributed by atoms with Crippen molar-refractivity contribution in [3.63, 3.8) is 0 Å². The maximum Gasteiger partial charge on any atom is 0.305 e. The molecule has 3 N–H and O–H groups in total. The quantitative estimate of drug-likeness (QED) is 0.436. The molecule has 0 fully saturated rings. The number of rotatable bonds is 6. The first-order valence-electron chi connectivity index (χ1n) is 11.2. The van der Waals surface area contributed by atoms with E-state index in [-0.39, 0.29) is 16.2 Å². The number of hydrogen-bond acceptors (Lipinski definition) is 7. The molecule has 11 heteroatoms. The fourth-order valence-corrected chi connectivity index (χ4v) is 4.78. The Hall–Kier alpha value is -4.12. The monoisotopic (exact) mass is 510 g/mol. The van der Waals surface area contributed by atoms with Gasteiger partial charge in [0.25, 0.3) is 15.9 Å². The summed E-state index contributed by atoms with van der Waals surface area (Å²) in [6, 6.07) is 13.0. The molecule has 0 spiro atoms. The zero-order chi connectivity index (χ0) is 25.9. The highest BCUT2D eigenvalue weighted by molar-refractivity contribution is 7.89. The van der Waals surface area contributed by atoms with E-state index >= 15 is 0 Å². The lowest BCUT2D eigenvalue weighted by atomic mass is 9.93. The van der Waals surface area contributed by atoms with Gasteiger partial charge in [0.2, 0.25) is 0 Å². The van der Waals surface area contributed by atoms with Crippen LogP contribution in [0.1, 0.15) is 56.2 Å². The molecule has 0 bridgehead atoms. The number of amides is 2. The number of methoxy groups -OCH3 is 1. The van der Waals surface area contributed by atoms with E-state index in [1.807, 2.05) is 6.92 Å². The molecule has 0 saturated heterocycles. The van der Waals surface area contributed by atoms with Crippen LogP contribution in [0.25, 0.3) is 0 Å². The molecule has 0 atom stereocenters. The molecule has 0 saturated carbocycles. The Morgan fingerprint density at radius 3 is 2.39 bits per heavy atom. The molecule has 0 radical (unpaired) electrons. The van der Waals surface area contributed by atoms with E-state index in [4.69, 9.17) is 9.15 Å². The largest absolute Gasteiger partial charge is 0.496 e. The number of nitrogens with one attached hydrogen (secondary N) is 3. The first-order chi connectivity index (χ1) is 17.2. The van der Waals surface area contributed by atoms with E-state index < -0.39 is 21.8 Å². The van der Waals surface area contributed by atoms with Gasteiger partial charge in [0.15, 0.2) is 5.76 Å². The molecule has 1 heterocycles. The first kappa shape index (κ1) is 25.0. The third-order valence-corrected chi connectivity index (χ3v) is 7.03. The van der Waals surface area contributed by atoms with Crippen LogP contribution in [0.15, 0.2) is 62.9 Å². The van der Waals surface area contributed by atoms with Gasteiger partial charge < -0.3 is 9.15 Å². The standard InChI is InChI=1S/C25H26N4O6S/c1-15-11-13-17(14-12-15)36(32,33)29-26-19-8-6-10-21-22(19)16(2)23(35-21)25(31)28-27-24(30)18-7-4-5-9-20(18)34-3/h4-5,7,9,11-14,29H,6,8,10H2,1-3H3,(H,27,30)(H,28,31)/b26-19+. The number of hydrogen-bond donors (Lipinski definition) is 3. The third-order valence-electron chi connectivity index (χ3n) is 5.81. The van der Waals surface area contributed by atoms with Gasteiger partial charge in [-0.3, -0.25) is 20.4 Å². The Morgan fingerprint density at radius 1 is 0.972 bits per heavy atom. The maximum atomic E-state index is 12.8. The average molecular weight is 511 g/mol. The number of carbonyl (C=O) groups excluding carboxylic acids is 2. The zero-order valence-corrected chi connectivity index (χ0v) is 20.9. The number of sulfonamides is 1. The molecular weight excluding hydrogens is 484 g/mol. The van der Waals surface area contributed by atoms with Gasteiger partial charge in [0, 0.05) is 17.5 Å². The van der Waals surface area contributed by atoms with Crippen LogP contribution >= 0.6 is 0 Å². The van der Waals surface area contributed by atoms with Crippen LogP contribution in [-0.4, -0.2) is 33.1 Å². The van der Waals surface area contributed by atoms with Gasteiger partial charge in [0.05, 0.1) is 23.3 Å². The van der Waals surface area contributed by atoms with Crippen molar-refractivity contribution in [2.24, 2.45) is 5.10 Å². The Kier molecular flexibility index (Phi) is 7.11. The van der Waals surface area contributed by atoms with Gasteiger partial charge in [-0.1, -0.05) is 29.8 Å². The van der Waals surface area contributed by atoms with E-state index in [2.05, 4.69) is 20.8 Å². The van der Waals surface area contributed by atoms with Gasteiger partial charge in [-0.15, -0.1) is 0 Å². The SMILES string of the molecule is COc1ccccc1C(=O)NNC(=O)c1oc2c(c1C)/C(=N/NS(=O)(=O)c1ccc(C)cc1)CCC2. The molecule has 188 valence electrons. The van der Waals surface area contributed by atoms with Gasteiger partial charge in [0.1, 0.15) is 11.5 Å². The van der Waals surface area contributed by atoms with Gasteiger partial charge in [-0.2, -0.15) is 18.4 Å². The van der Waals surface area contributed by atoms with Gasteiger partial charge in [-0.05, 0) is 51.0 Å². The van der Waals surface area contributed by atoms with Crippen LogP contribution in [0, 0.1) is 13.8 Å². The third kappa shape index (κ3) is 5.10. The van der Waals surface area contributed by atoms with Crippen molar-refractivity contribution < 1.29 is 27.2 Å². The van der Waals surface area contributed by atoms with Crippen molar-refractivity contribution in [3.8, 4) is 5.75 Å². The molecule has 0 aliphatic heterocycles. The van der Waals surface area contributed by atoms with Crippen LogP contribution in [0.4, 0.5) is 0 Å². The minimum absolute atomic E-state index is 0.0105. The van der Waals surface area contributed by atoms with E-state index in [0.717, 1.165) is 5.56 Å². The topological polar surface area (TPSA) is 139 Å². The minimum Gasteiger partial charge on any atom is -0.496 e. The van der Waals surface area contributed by atoms with Crippen molar-refractivity contribution in [1.82, 2.24) is 15.7 Å². The van der Waals surface area contributed by atoms with E-state index in [1.54, 1.807) is 43.3 Å². The van der Waals surface area contributed by atoms with Crippen molar-refractivity contribution in [3.05, 3.63) is 82.3 Å². The molecule has 4 rings (SSSR count). The van der Waals surface area contributed by atoms with Crippen molar-refractivity contribution in [2.75, 3.05) is 7.11 Å². The van der Waals surface area contributed by atoms with Crippen molar-refractivity contribution in [1.29, 1.82) is 0 Å². The number of aryl methyl sites for hydroxylation is 2. The van der Waals surface area contributed by atoms with E-state index in [1.165, 1.54) is 19.2 Å². The summed E-state index contributed by atoms with van der Waals surface area (Å²) in [6.45, 7) is 3.56. The molecule has 1 aliphatic rings. The maximum absolute atomic E-state index is 12.8. The number of para-hydroxylation sites is 1. The van der Waals surface area contributed by atoms with E-state index in [0.29, 0.717) is 47.6 Å². The lowest BCUT2D eigenvalue weighted by Gasteiger charge is -2.14. The normalized spacial score (nSPS) is 14.1. The average Bonchev–Trinajstić information content (AvgIpc) is 3.23. The molecule has 2 aromatic carbocycles. The minimum atomic E-state index is -3.86. The summed E-state index contributed by atoms with van der Waals surface area (Å²) >= 11 is 0. The van der Waals surface area contributed by atoms with Crippen LogP contribution in [0.3, 0.4) is 0 Å². The van der Waals surface area contributed by atoms with Crippen molar-refractivity contribution >= 4 is 27.5 Å². The fraction of sp³-hybridized carbons (Fsp3) is 0.240. The summed E-state index contributed by atoms with van der Waals surface area (Å²) in [5.41, 5.74) is 7.48. The van der Waals surface area contributed by atoms with Crippen LogP contribution in [0.2, 0.25) is 0 Å². The van der Waals surface area contributed by atoms with Gasteiger partial charge >= 0.3 is 5.91 Å². The highest BCUT2D eigenvalue weighted by Crippen LogP contribution is 2.30. The second-order valence-corrected chi connectivity index (χ2v) is 9.94. The molecule has 36 heavy (non-hydrogen) atoms. The molecule has 0 unspecified atom stereocenters. The Balaban J connectivity index is 1.51. The Labute approximate surface area is 208 Å². The number of furan rings is 1. The second kappa shape index (κ2) is 10.2. The van der Waals surface area contributed by atoms with E-state index in [9.17, 15) is 18.0 Å². The first-order valence-corrected chi connectivity index (χ1v) is 12.7. The number of benzene rings is 2. The summed E-state index contributed by atoms with van der Waals surface area (Å²) < 4.78 is 36.3. The zero-order valence-electron chi connectivity index (χ0n) is 20.0. The van der Waals surface area contributed by atoms with Crippen LogP contribution in [-0.2, 0) is 16.4 Å².